The average molecular weight is 203 g/mol. The van der Waals surface area contributed by atoms with Crippen LogP contribution < -0.4 is 0 Å². The van der Waals surface area contributed by atoms with Crippen molar-refractivity contribution in [1.82, 2.24) is 4.98 Å². The molecule has 0 amide bonds. The fourth-order valence-electron chi connectivity index (χ4n) is 1.79. The van der Waals surface area contributed by atoms with Gasteiger partial charge in [-0.15, -0.1) is 0 Å². The van der Waals surface area contributed by atoms with Crippen molar-refractivity contribution in [3.8, 4) is 0 Å². The van der Waals surface area contributed by atoms with Crippen molar-refractivity contribution in [2.24, 2.45) is 5.41 Å². The van der Waals surface area contributed by atoms with E-state index in [0.717, 1.165) is 16.5 Å². The average Bonchev–Trinajstić information content (AvgIpc) is 2.58. The molecule has 1 aromatic heterocycles. The smallest absolute Gasteiger partial charge is 0.0858 e. The van der Waals surface area contributed by atoms with Gasteiger partial charge in [0.1, 0.15) is 0 Å². The van der Waals surface area contributed by atoms with Gasteiger partial charge in [-0.1, -0.05) is 39.0 Å². The number of nitrogens with one attached hydrogen (secondary N) is 1. The van der Waals surface area contributed by atoms with Gasteiger partial charge < -0.3 is 10.1 Å². The third kappa shape index (κ3) is 1.77. The van der Waals surface area contributed by atoms with Crippen LogP contribution in [0.4, 0.5) is 0 Å². The highest BCUT2D eigenvalue weighted by Crippen LogP contribution is 2.35. The summed E-state index contributed by atoms with van der Waals surface area (Å²) in [6, 6.07) is 8.05. The predicted molar refractivity (Wildman–Crippen MR) is 62.7 cm³/mol. The Morgan fingerprint density at radius 3 is 2.53 bits per heavy atom. The molecule has 0 aliphatic carbocycles. The Morgan fingerprint density at radius 1 is 1.20 bits per heavy atom. The summed E-state index contributed by atoms with van der Waals surface area (Å²) in [7, 11) is 0. The second-order valence-corrected chi connectivity index (χ2v) is 5.06. The summed E-state index contributed by atoms with van der Waals surface area (Å²) in [5.41, 5.74) is 1.93. The number of rotatable bonds is 1. The van der Waals surface area contributed by atoms with E-state index >= 15 is 0 Å². The third-order valence-corrected chi connectivity index (χ3v) is 2.74. The maximum Gasteiger partial charge on any atom is 0.0858 e. The largest absolute Gasteiger partial charge is 0.388 e. The minimum atomic E-state index is -0.436. The van der Waals surface area contributed by atoms with Crippen molar-refractivity contribution >= 4 is 10.9 Å². The molecule has 1 atom stereocenters. The van der Waals surface area contributed by atoms with Crippen molar-refractivity contribution in [3.63, 3.8) is 0 Å². The third-order valence-electron chi connectivity index (χ3n) is 2.74. The van der Waals surface area contributed by atoms with E-state index < -0.39 is 6.10 Å². The molecular weight excluding hydrogens is 186 g/mol. The summed E-state index contributed by atoms with van der Waals surface area (Å²) in [6.07, 6.45) is 1.47. The molecule has 0 aliphatic heterocycles. The Balaban J connectivity index is 2.53. The first-order valence-electron chi connectivity index (χ1n) is 5.24. The van der Waals surface area contributed by atoms with Crippen LogP contribution in [-0.2, 0) is 0 Å². The molecule has 0 fully saturated rings. The Bertz CT molecular complexity index is 465. The maximum atomic E-state index is 10.2. The molecule has 0 saturated heterocycles. The number of fused-ring (bicyclic) bond motifs is 1. The van der Waals surface area contributed by atoms with Crippen molar-refractivity contribution in [2.45, 2.75) is 26.9 Å². The number of hydrogen-bond donors (Lipinski definition) is 2. The van der Waals surface area contributed by atoms with E-state index in [-0.39, 0.29) is 5.41 Å². The number of benzene rings is 1. The van der Waals surface area contributed by atoms with Gasteiger partial charge in [-0.25, -0.2) is 0 Å². The molecule has 1 aromatic carbocycles. The Kier molecular flexibility index (Phi) is 2.31. The fourth-order valence-corrected chi connectivity index (χ4v) is 1.79. The molecule has 2 rings (SSSR count). The first kappa shape index (κ1) is 10.2. The lowest BCUT2D eigenvalue weighted by molar-refractivity contribution is 0.0639. The molecule has 2 nitrogen and oxygen atoms in total. The summed E-state index contributed by atoms with van der Waals surface area (Å²) in [5, 5.41) is 11.3. The SMILES string of the molecule is CC(C)(C)C(O)c1c[nH]c2ccccc12. The summed E-state index contributed by atoms with van der Waals surface area (Å²) in [4.78, 5) is 3.18. The van der Waals surface area contributed by atoms with Crippen LogP contribution >= 0.6 is 0 Å². The van der Waals surface area contributed by atoms with Crippen LogP contribution in [0.25, 0.3) is 10.9 Å². The Hall–Kier alpha value is -1.28. The number of aromatic nitrogens is 1. The normalized spacial score (nSPS) is 14.4. The van der Waals surface area contributed by atoms with Gasteiger partial charge in [0.15, 0.2) is 0 Å². The number of H-pyrrole nitrogens is 1. The van der Waals surface area contributed by atoms with E-state index in [0.29, 0.717) is 0 Å². The van der Waals surface area contributed by atoms with E-state index in [1.807, 2.05) is 51.2 Å². The van der Waals surface area contributed by atoms with E-state index in [2.05, 4.69) is 4.98 Å². The molecule has 1 heterocycles. The van der Waals surface area contributed by atoms with E-state index in [4.69, 9.17) is 0 Å². The highest BCUT2D eigenvalue weighted by atomic mass is 16.3. The van der Waals surface area contributed by atoms with E-state index in [9.17, 15) is 5.11 Å². The summed E-state index contributed by atoms with van der Waals surface area (Å²) >= 11 is 0. The second-order valence-electron chi connectivity index (χ2n) is 5.06. The van der Waals surface area contributed by atoms with Crippen LogP contribution in [0.2, 0.25) is 0 Å². The topological polar surface area (TPSA) is 36.0 Å². The molecule has 0 aliphatic rings. The van der Waals surface area contributed by atoms with Gasteiger partial charge >= 0.3 is 0 Å². The van der Waals surface area contributed by atoms with E-state index in [1.54, 1.807) is 0 Å². The highest BCUT2D eigenvalue weighted by Gasteiger charge is 2.25. The Labute approximate surface area is 89.9 Å². The number of para-hydroxylation sites is 1. The van der Waals surface area contributed by atoms with Gasteiger partial charge in [0.2, 0.25) is 0 Å². The molecule has 0 bridgehead atoms. The van der Waals surface area contributed by atoms with E-state index in [1.165, 1.54) is 0 Å². The maximum absolute atomic E-state index is 10.2. The van der Waals surface area contributed by atoms with Gasteiger partial charge in [-0.2, -0.15) is 0 Å². The summed E-state index contributed by atoms with van der Waals surface area (Å²) in [5.74, 6) is 0. The summed E-state index contributed by atoms with van der Waals surface area (Å²) < 4.78 is 0. The predicted octanol–water partition coefficient (Wildman–Crippen LogP) is 3.25. The zero-order chi connectivity index (χ0) is 11.1. The van der Waals surface area contributed by atoms with Crippen LogP contribution in [0.3, 0.4) is 0 Å². The number of aromatic amines is 1. The van der Waals surface area contributed by atoms with Crippen molar-refractivity contribution in [3.05, 3.63) is 36.0 Å². The lowest BCUT2D eigenvalue weighted by atomic mass is 9.85. The molecule has 15 heavy (non-hydrogen) atoms. The molecule has 0 saturated carbocycles. The zero-order valence-corrected chi connectivity index (χ0v) is 9.41. The van der Waals surface area contributed by atoms with Crippen LogP contribution in [-0.4, -0.2) is 10.1 Å². The fraction of sp³-hybridized carbons (Fsp3) is 0.385. The van der Waals surface area contributed by atoms with Gasteiger partial charge in [-0.3, -0.25) is 0 Å². The molecular formula is C13H17NO. The number of hydrogen-bond acceptors (Lipinski definition) is 1. The van der Waals surface area contributed by atoms with Crippen LogP contribution in [0.15, 0.2) is 30.5 Å². The summed E-state index contributed by atoms with van der Waals surface area (Å²) in [6.45, 7) is 6.12. The first-order chi connectivity index (χ1) is 7.00. The lowest BCUT2D eigenvalue weighted by Gasteiger charge is -2.25. The van der Waals surface area contributed by atoms with Crippen LogP contribution in [0, 0.1) is 5.41 Å². The molecule has 1 unspecified atom stereocenters. The van der Waals surface area contributed by atoms with Gasteiger partial charge in [-0.05, 0) is 11.5 Å². The van der Waals surface area contributed by atoms with Crippen molar-refractivity contribution in [2.75, 3.05) is 0 Å². The Morgan fingerprint density at radius 2 is 1.87 bits per heavy atom. The number of aliphatic hydroxyl groups excluding tert-OH is 1. The molecule has 2 aromatic rings. The minimum Gasteiger partial charge on any atom is -0.388 e. The van der Waals surface area contributed by atoms with Gasteiger partial charge in [0.05, 0.1) is 6.10 Å². The van der Waals surface area contributed by atoms with Crippen LogP contribution in [0.5, 0.6) is 0 Å². The highest BCUT2D eigenvalue weighted by molar-refractivity contribution is 5.83. The molecule has 2 N–H and O–H groups in total. The standard InChI is InChI=1S/C13H17NO/c1-13(2,3)12(15)10-8-14-11-7-5-4-6-9(10)11/h4-8,12,14-15H,1-3H3. The van der Waals surface area contributed by atoms with Gasteiger partial charge in [0.25, 0.3) is 0 Å². The number of aliphatic hydroxyl groups is 1. The molecule has 2 heteroatoms. The lowest BCUT2D eigenvalue weighted by Crippen LogP contribution is -2.17. The monoisotopic (exact) mass is 203 g/mol. The molecule has 0 radical (unpaired) electrons. The van der Waals surface area contributed by atoms with Crippen molar-refractivity contribution < 1.29 is 5.11 Å². The second kappa shape index (κ2) is 3.38. The molecule has 0 spiro atoms. The quantitative estimate of drug-likeness (QED) is 0.733. The van der Waals surface area contributed by atoms with Gasteiger partial charge in [0, 0.05) is 22.7 Å². The molecule has 80 valence electrons. The van der Waals surface area contributed by atoms with Crippen molar-refractivity contribution in [1.29, 1.82) is 0 Å². The first-order valence-corrected chi connectivity index (χ1v) is 5.24. The van der Waals surface area contributed by atoms with Crippen LogP contribution in [0.1, 0.15) is 32.4 Å². The minimum absolute atomic E-state index is 0.134. The zero-order valence-electron chi connectivity index (χ0n) is 9.41.